The third-order valence-corrected chi connectivity index (χ3v) is 2.43. The summed E-state index contributed by atoms with van der Waals surface area (Å²) in [5.74, 6) is -3.89. The Labute approximate surface area is 101 Å². The summed E-state index contributed by atoms with van der Waals surface area (Å²) in [5.41, 5.74) is 0. The molecule has 0 aliphatic carbocycles. The van der Waals surface area contributed by atoms with Gasteiger partial charge in [0.2, 0.25) is 5.92 Å². The number of carbonyl (C=O) groups excluding carboxylic acids is 3. The third kappa shape index (κ3) is 4.54. The van der Waals surface area contributed by atoms with Crippen molar-refractivity contribution in [3.63, 3.8) is 0 Å². The molecular weight excluding hydrogens is 224 g/mol. The van der Waals surface area contributed by atoms with Gasteiger partial charge < -0.3 is 9.47 Å². The Balaban J connectivity index is 4.90. The van der Waals surface area contributed by atoms with E-state index in [-0.39, 0.29) is 19.1 Å². The van der Waals surface area contributed by atoms with Crippen molar-refractivity contribution in [1.82, 2.24) is 0 Å². The van der Waals surface area contributed by atoms with Gasteiger partial charge in [0.1, 0.15) is 0 Å². The number of esters is 2. The molecule has 0 aliphatic rings. The third-order valence-electron chi connectivity index (χ3n) is 2.43. The van der Waals surface area contributed by atoms with Crippen LogP contribution < -0.4 is 0 Å². The van der Waals surface area contributed by atoms with Crippen LogP contribution in [0.3, 0.4) is 0 Å². The van der Waals surface area contributed by atoms with E-state index in [1.165, 1.54) is 0 Å². The van der Waals surface area contributed by atoms with Gasteiger partial charge >= 0.3 is 11.9 Å². The molecule has 0 aromatic rings. The first-order chi connectivity index (χ1) is 7.99. The summed E-state index contributed by atoms with van der Waals surface area (Å²) in [6, 6.07) is 0. The monoisotopic (exact) mass is 244 g/mol. The summed E-state index contributed by atoms with van der Waals surface area (Å²) >= 11 is 0. The zero-order valence-electron chi connectivity index (χ0n) is 10.8. The summed E-state index contributed by atoms with van der Waals surface area (Å²) in [4.78, 5) is 35.1. The molecule has 0 fully saturated rings. The molecule has 0 bridgehead atoms. The van der Waals surface area contributed by atoms with Crippen molar-refractivity contribution in [2.75, 3.05) is 13.2 Å². The molecule has 5 heteroatoms. The van der Waals surface area contributed by atoms with Crippen LogP contribution in [0, 0.1) is 11.8 Å². The second kappa shape index (κ2) is 7.81. The molecule has 0 spiro atoms. The van der Waals surface area contributed by atoms with Crippen molar-refractivity contribution >= 4 is 17.7 Å². The summed E-state index contributed by atoms with van der Waals surface area (Å²) in [6.45, 7) is 6.98. The van der Waals surface area contributed by atoms with Crippen molar-refractivity contribution < 1.29 is 23.9 Å². The first-order valence-corrected chi connectivity index (χ1v) is 5.86. The van der Waals surface area contributed by atoms with Gasteiger partial charge in [0.15, 0.2) is 5.78 Å². The lowest BCUT2D eigenvalue weighted by Gasteiger charge is -2.16. The summed E-state index contributed by atoms with van der Waals surface area (Å²) < 4.78 is 9.45. The number of hydrogen-bond acceptors (Lipinski definition) is 5. The van der Waals surface area contributed by atoms with Gasteiger partial charge in [0.25, 0.3) is 0 Å². The fourth-order valence-corrected chi connectivity index (χ4v) is 1.27. The lowest BCUT2D eigenvalue weighted by molar-refractivity contribution is -0.164. The van der Waals surface area contributed by atoms with Crippen molar-refractivity contribution in [2.24, 2.45) is 11.8 Å². The van der Waals surface area contributed by atoms with Crippen LogP contribution in [0.1, 0.15) is 34.1 Å². The van der Waals surface area contributed by atoms with Crippen LogP contribution in [-0.4, -0.2) is 30.9 Å². The Bertz CT molecular complexity index is 267. The van der Waals surface area contributed by atoms with Crippen molar-refractivity contribution in [3.05, 3.63) is 0 Å². The standard InChI is InChI=1S/C12H20O5/c1-5-8(4)10(13)9(11(14)16-6-2)12(15)17-7-3/h8-9H,5-7H2,1-4H3. The van der Waals surface area contributed by atoms with E-state index in [4.69, 9.17) is 9.47 Å². The first-order valence-electron chi connectivity index (χ1n) is 5.86. The van der Waals surface area contributed by atoms with Gasteiger partial charge in [-0.25, -0.2) is 0 Å². The zero-order valence-corrected chi connectivity index (χ0v) is 10.8. The van der Waals surface area contributed by atoms with Crippen LogP contribution in [0.15, 0.2) is 0 Å². The lowest BCUT2D eigenvalue weighted by atomic mass is 9.92. The van der Waals surface area contributed by atoms with E-state index in [9.17, 15) is 14.4 Å². The Hall–Kier alpha value is -1.39. The maximum Gasteiger partial charge on any atom is 0.328 e. The van der Waals surface area contributed by atoms with Crippen molar-refractivity contribution in [3.8, 4) is 0 Å². The molecule has 1 unspecified atom stereocenters. The van der Waals surface area contributed by atoms with Crippen LogP contribution >= 0.6 is 0 Å². The van der Waals surface area contributed by atoms with Gasteiger partial charge in [-0.3, -0.25) is 14.4 Å². The normalized spacial score (nSPS) is 12.1. The zero-order chi connectivity index (χ0) is 13.4. The predicted molar refractivity (Wildman–Crippen MR) is 61.2 cm³/mol. The average Bonchev–Trinajstić information content (AvgIpc) is 2.28. The molecule has 0 heterocycles. The largest absolute Gasteiger partial charge is 0.465 e. The maximum absolute atomic E-state index is 11.9. The number of carbonyl (C=O) groups is 3. The Morgan fingerprint density at radius 1 is 0.941 bits per heavy atom. The van der Waals surface area contributed by atoms with Crippen LogP contribution in [0.5, 0.6) is 0 Å². The minimum absolute atomic E-state index is 0.128. The van der Waals surface area contributed by atoms with Crippen LogP contribution in [0.4, 0.5) is 0 Å². The lowest BCUT2D eigenvalue weighted by Crippen LogP contribution is -2.37. The maximum atomic E-state index is 11.9. The van der Waals surface area contributed by atoms with E-state index in [0.717, 1.165) is 0 Å². The Kier molecular flexibility index (Phi) is 7.18. The van der Waals surface area contributed by atoms with E-state index in [1.54, 1.807) is 20.8 Å². The average molecular weight is 244 g/mol. The highest BCUT2D eigenvalue weighted by Crippen LogP contribution is 2.14. The fourth-order valence-electron chi connectivity index (χ4n) is 1.27. The summed E-state index contributed by atoms with van der Waals surface area (Å²) in [6.07, 6.45) is 0.564. The van der Waals surface area contributed by atoms with E-state index in [0.29, 0.717) is 6.42 Å². The van der Waals surface area contributed by atoms with Gasteiger partial charge in [0.05, 0.1) is 13.2 Å². The smallest absolute Gasteiger partial charge is 0.328 e. The molecule has 17 heavy (non-hydrogen) atoms. The molecule has 0 amide bonds. The van der Waals surface area contributed by atoms with Crippen LogP contribution in [0.2, 0.25) is 0 Å². The molecule has 0 aromatic carbocycles. The molecule has 0 rings (SSSR count). The second-order valence-electron chi connectivity index (χ2n) is 3.65. The van der Waals surface area contributed by atoms with E-state index in [1.807, 2.05) is 6.92 Å². The van der Waals surface area contributed by atoms with Gasteiger partial charge in [-0.15, -0.1) is 0 Å². The molecule has 98 valence electrons. The number of ether oxygens (including phenoxy) is 2. The number of rotatable bonds is 7. The molecule has 0 aromatic heterocycles. The first kappa shape index (κ1) is 15.6. The number of hydrogen-bond donors (Lipinski definition) is 0. The molecule has 5 nitrogen and oxygen atoms in total. The summed E-state index contributed by atoms with van der Waals surface area (Å²) in [5, 5.41) is 0. The molecule has 0 radical (unpaired) electrons. The summed E-state index contributed by atoms with van der Waals surface area (Å²) in [7, 11) is 0. The predicted octanol–water partition coefficient (Wildman–Crippen LogP) is 1.34. The van der Waals surface area contributed by atoms with Crippen molar-refractivity contribution in [1.29, 1.82) is 0 Å². The SMILES string of the molecule is CCOC(=O)C(C(=O)OCC)C(=O)C(C)CC. The van der Waals surface area contributed by atoms with Gasteiger partial charge in [-0.05, 0) is 20.3 Å². The topological polar surface area (TPSA) is 69.7 Å². The van der Waals surface area contributed by atoms with Gasteiger partial charge in [0, 0.05) is 5.92 Å². The minimum Gasteiger partial charge on any atom is -0.465 e. The van der Waals surface area contributed by atoms with Crippen LogP contribution in [0.25, 0.3) is 0 Å². The molecule has 0 N–H and O–H groups in total. The minimum atomic E-state index is -1.44. The van der Waals surface area contributed by atoms with E-state index in [2.05, 4.69) is 0 Å². The second-order valence-corrected chi connectivity index (χ2v) is 3.65. The molecule has 0 aliphatic heterocycles. The highest BCUT2D eigenvalue weighted by Gasteiger charge is 2.38. The van der Waals surface area contributed by atoms with E-state index < -0.39 is 23.6 Å². The number of ketones is 1. The Morgan fingerprint density at radius 3 is 1.65 bits per heavy atom. The Morgan fingerprint density at radius 2 is 1.35 bits per heavy atom. The number of Topliss-reactive ketones (excluding diaryl/α,β-unsaturated/α-hetero) is 1. The van der Waals surface area contributed by atoms with Crippen LogP contribution in [-0.2, 0) is 23.9 Å². The fraction of sp³-hybridized carbons (Fsp3) is 0.750. The highest BCUT2D eigenvalue weighted by atomic mass is 16.6. The highest BCUT2D eigenvalue weighted by molar-refractivity contribution is 6.15. The molecule has 0 saturated carbocycles. The van der Waals surface area contributed by atoms with Gasteiger partial charge in [-0.1, -0.05) is 13.8 Å². The quantitative estimate of drug-likeness (QED) is 0.499. The molecule has 0 saturated heterocycles. The molecule has 1 atom stereocenters. The van der Waals surface area contributed by atoms with Gasteiger partial charge in [-0.2, -0.15) is 0 Å². The molecular formula is C12H20O5. The van der Waals surface area contributed by atoms with Crippen molar-refractivity contribution in [2.45, 2.75) is 34.1 Å². The van der Waals surface area contributed by atoms with E-state index >= 15 is 0 Å².